The molecular weight excluding hydrogens is 278 g/mol. The molecule has 0 radical (unpaired) electrons. The number of hydrogen-bond donors (Lipinski definition) is 1. The van der Waals surface area contributed by atoms with Gasteiger partial charge in [0.15, 0.2) is 11.6 Å². The zero-order chi connectivity index (χ0) is 14.9. The van der Waals surface area contributed by atoms with Crippen LogP contribution in [0.3, 0.4) is 0 Å². The molecule has 1 saturated heterocycles. The average Bonchev–Trinajstić information content (AvgIpc) is 3.24. The lowest BCUT2D eigenvalue weighted by atomic mass is 10.2. The van der Waals surface area contributed by atoms with Gasteiger partial charge in [0, 0.05) is 18.7 Å². The molecule has 1 amide bonds. The van der Waals surface area contributed by atoms with Crippen LogP contribution in [0.15, 0.2) is 30.3 Å². The number of benzene rings is 1. The lowest BCUT2D eigenvalue weighted by molar-refractivity contribution is -0.134. The van der Waals surface area contributed by atoms with E-state index in [0.717, 1.165) is 49.7 Å². The molecule has 3 heterocycles. The summed E-state index contributed by atoms with van der Waals surface area (Å²) in [7, 11) is 0. The number of nitrogens with zero attached hydrogens (tertiary/aromatic N) is 4. The Labute approximate surface area is 129 Å². The van der Waals surface area contributed by atoms with Crippen LogP contribution in [0.4, 0.5) is 0 Å². The fourth-order valence-electron chi connectivity index (χ4n) is 3.26. The van der Waals surface area contributed by atoms with Crippen molar-refractivity contribution in [2.75, 3.05) is 13.1 Å². The summed E-state index contributed by atoms with van der Waals surface area (Å²) < 4.78 is 2.13. The second-order valence-corrected chi connectivity index (χ2v) is 5.87. The molecule has 1 N–H and O–H groups in total. The van der Waals surface area contributed by atoms with E-state index in [0.29, 0.717) is 6.54 Å². The highest BCUT2D eigenvalue weighted by Gasteiger charge is 2.30. The van der Waals surface area contributed by atoms with E-state index in [2.05, 4.69) is 20.1 Å². The molecule has 0 aliphatic carbocycles. The van der Waals surface area contributed by atoms with E-state index in [1.165, 1.54) is 0 Å². The maximum Gasteiger partial charge on any atom is 0.240 e. The normalized spacial score (nSPS) is 20.9. The number of nitrogens with one attached hydrogen (secondary N) is 1. The van der Waals surface area contributed by atoms with Crippen molar-refractivity contribution in [1.29, 1.82) is 0 Å². The van der Waals surface area contributed by atoms with Crippen molar-refractivity contribution in [1.82, 2.24) is 25.0 Å². The predicted octanol–water partition coefficient (Wildman–Crippen LogP) is 1.04. The average molecular weight is 297 g/mol. The van der Waals surface area contributed by atoms with Gasteiger partial charge in [-0.1, -0.05) is 30.3 Å². The SMILES string of the molecule is O=C(C1CCCN1)N1CCn2c(nnc2-c2ccccc2)C1. The molecule has 1 aromatic heterocycles. The highest BCUT2D eigenvalue weighted by molar-refractivity contribution is 5.82. The first kappa shape index (κ1) is 13.5. The minimum absolute atomic E-state index is 0.0111. The van der Waals surface area contributed by atoms with Gasteiger partial charge in [0.25, 0.3) is 0 Å². The summed E-state index contributed by atoms with van der Waals surface area (Å²) in [4.78, 5) is 14.4. The lowest BCUT2D eigenvalue weighted by Crippen LogP contribution is -2.46. The van der Waals surface area contributed by atoms with Gasteiger partial charge in [0.2, 0.25) is 5.91 Å². The molecule has 2 aliphatic rings. The molecule has 0 bridgehead atoms. The molecule has 0 spiro atoms. The van der Waals surface area contributed by atoms with Crippen LogP contribution in [0, 0.1) is 0 Å². The summed E-state index contributed by atoms with van der Waals surface area (Å²) in [5.41, 5.74) is 1.07. The molecule has 2 aromatic rings. The zero-order valence-corrected chi connectivity index (χ0v) is 12.4. The Bertz CT molecular complexity index is 675. The van der Waals surface area contributed by atoms with Crippen LogP contribution in [0.2, 0.25) is 0 Å². The second kappa shape index (κ2) is 5.53. The summed E-state index contributed by atoms with van der Waals surface area (Å²) in [5.74, 6) is 1.96. The fraction of sp³-hybridized carbons (Fsp3) is 0.438. The third-order valence-electron chi connectivity index (χ3n) is 4.46. The minimum Gasteiger partial charge on any atom is -0.332 e. The quantitative estimate of drug-likeness (QED) is 0.899. The van der Waals surface area contributed by atoms with Crippen LogP contribution in [0.5, 0.6) is 0 Å². The highest BCUT2D eigenvalue weighted by Crippen LogP contribution is 2.22. The van der Waals surface area contributed by atoms with Gasteiger partial charge in [-0.15, -0.1) is 10.2 Å². The van der Waals surface area contributed by atoms with Gasteiger partial charge in [0.1, 0.15) is 0 Å². The van der Waals surface area contributed by atoms with E-state index in [4.69, 9.17) is 0 Å². The third-order valence-corrected chi connectivity index (χ3v) is 4.46. The van der Waals surface area contributed by atoms with E-state index in [9.17, 15) is 4.79 Å². The fourth-order valence-corrected chi connectivity index (χ4v) is 3.26. The largest absolute Gasteiger partial charge is 0.332 e. The Hall–Kier alpha value is -2.21. The van der Waals surface area contributed by atoms with Crippen molar-refractivity contribution in [3.63, 3.8) is 0 Å². The number of carbonyl (C=O) groups is 1. The second-order valence-electron chi connectivity index (χ2n) is 5.87. The summed E-state index contributed by atoms with van der Waals surface area (Å²) >= 11 is 0. The van der Waals surface area contributed by atoms with Gasteiger partial charge in [-0.05, 0) is 19.4 Å². The maximum absolute atomic E-state index is 12.5. The zero-order valence-electron chi connectivity index (χ0n) is 12.4. The van der Waals surface area contributed by atoms with Crippen LogP contribution in [0.1, 0.15) is 18.7 Å². The Balaban J connectivity index is 1.55. The molecule has 2 aliphatic heterocycles. The molecule has 1 atom stereocenters. The summed E-state index contributed by atoms with van der Waals surface area (Å²) in [6.07, 6.45) is 2.02. The molecule has 1 unspecified atom stereocenters. The van der Waals surface area contributed by atoms with Gasteiger partial charge in [-0.25, -0.2) is 0 Å². The molecule has 6 nitrogen and oxygen atoms in total. The first-order valence-electron chi connectivity index (χ1n) is 7.82. The number of hydrogen-bond acceptors (Lipinski definition) is 4. The number of aromatic nitrogens is 3. The van der Waals surface area contributed by atoms with Crippen LogP contribution >= 0.6 is 0 Å². The van der Waals surface area contributed by atoms with Crippen LogP contribution in [-0.2, 0) is 17.9 Å². The van der Waals surface area contributed by atoms with Gasteiger partial charge >= 0.3 is 0 Å². The molecule has 1 fully saturated rings. The third kappa shape index (κ3) is 2.29. The molecule has 114 valence electrons. The lowest BCUT2D eigenvalue weighted by Gasteiger charge is -2.30. The number of carbonyl (C=O) groups excluding carboxylic acids is 1. The number of amides is 1. The van der Waals surface area contributed by atoms with Crippen molar-refractivity contribution in [2.24, 2.45) is 0 Å². The predicted molar refractivity (Wildman–Crippen MR) is 81.9 cm³/mol. The summed E-state index contributed by atoms with van der Waals surface area (Å²) in [6.45, 7) is 2.97. The monoisotopic (exact) mass is 297 g/mol. The van der Waals surface area contributed by atoms with Crippen molar-refractivity contribution in [3.05, 3.63) is 36.2 Å². The van der Waals surface area contributed by atoms with Crippen LogP contribution in [-0.4, -0.2) is 44.7 Å². The molecule has 6 heteroatoms. The highest BCUT2D eigenvalue weighted by atomic mass is 16.2. The smallest absolute Gasteiger partial charge is 0.240 e. The van der Waals surface area contributed by atoms with Gasteiger partial charge in [-0.3, -0.25) is 4.79 Å². The van der Waals surface area contributed by atoms with E-state index in [1.807, 2.05) is 35.2 Å². The Morgan fingerprint density at radius 1 is 1.18 bits per heavy atom. The van der Waals surface area contributed by atoms with Gasteiger partial charge < -0.3 is 14.8 Å². The van der Waals surface area contributed by atoms with Crippen molar-refractivity contribution < 1.29 is 4.79 Å². The number of rotatable bonds is 2. The minimum atomic E-state index is -0.0111. The maximum atomic E-state index is 12.5. The molecule has 1 aromatic carbocycles. The number of fused-ring (bicyclic) bond motifs is 1. The van der Waals surface area contributed by atoms with Crippen LogP contribution in [0.25, 0.3) is 11.4 Å². The van der Waals surface area contributed by atoms with Crippen molar-refractivity contribution in [3.8, 4) is 11.4 Å². The first-order valence-corrected chi connectivity index (χ1v) is 7.82. The van der Waals surface area contributed by atoms with E-state index >= 15 is 0 Å². The standard InChI is InChI=1S/C16H19N5O/c22-16(13-7-4-8-17-13)20-9-10-21-14(11-20)18-19-15(21)12-5-2-1-3-6-12/h1-3,5-6,13,17H,4,7-11H2. The first-order chi connectivity index (χ1) is 10.8. The molecule has 0 saturated carbocycles. The summed E-state index contributed by atoms with van der Waals surface area (Å²) in [6, 6.07) is 10.1. The van der Waals surface area contributed by atoms with E-state index < -0.39 is 0 Å². The molecule has 4 rings (SSSR count). The van der Waals surface area contributed by atoms with E-state index in [-0.39, 0.29) is 11.9 Å². The van der Waals surface area contributed by atoms with Gasteiger partial charge in [-0.2, -0.15) is 0 Å². The van der Waals surface area contributed by atoms with E-state index in [1.54, 1.807) is 0 Å². The van der Waals surface area contributed by atoms with Crippen molar-refractivity contribution in [2.45, 2.75) is 32.0 Å². The summed E-state index contributed by atoms with van der Waals surface area (Å²) in [5, 5.41) is 11.9. The van der Waals surface area contributed by atoms with Gasteiger partial charge in [0.05, 0.1) is 12.6 Å². The molecule has 22 heavy (non-hydrogen) atoms. The topological polar surface area (TPSA) is 63.1 Å². The Morgan fingerprint density at radius 3 is 2.82 bits per heavy atom. The molecular formula is C16H19N5O. The Morgan fingerprint density at radius 2 is 2.05 bits per heavy atom. The Kier molecular flexibility index (Phi) is 3.38. The van der Waals surface area contributed by atoms with Crippen LogP contribution < -0.4 is 5.32 Å². The van der Waals surface area contributed by atoms with Crippen molar-refractivity contribution >= 4 is 5.91 Å².